The summed E-state index contributed by atoms with van der Waals surface area (Å²) >= 11 is 0. The van der Waals surface area contributed by atoms with Crippen LogP contribution in [0.1, 0.15) is 75.0 Å². The third-order valence-corrected chi connectivity index (χ3v) is 7.66. The summed E-state index contributed by atoms with van der Waals surface area (Å²) in [4.78, 5) is 48.9. The van der Waals surface area contributed by atoms with E-state index in [1.165, 1.54) is 26.3 Å². The number of ether oxygens (including phenoxy) is 7. The fourth-order valence-corrected chi connectivity index (χ4v) is 5.60. The van der Waals surface area contributed by atoms with E-state index < -0.39 is 54.4 Å². The van der Waals surface area contributed by atoms with Crippen molar-refractivity contribution in [1.82, 2.24) is 0 Å². The second kappa shape index (κ2) is 15.7. The highest BCUT2D eigenvalue weighted by atomic mass is 16.7. The zero-order valence-electron chi connectivity index (χ0n) is 26.6. The van der Waals surface area contributed by atoms with Crippen LogP contribution >= 0.6 is 0 Å². The lowest BCUT2D eigenvalue weighted by atomic mass is 9.87. The molecule has 2 aliphatic rings. The van der Waals surface area contributed by atoms with Gasteiger partial charge in [0, 0.05) is 39.7 Å². The summed E-state index contributed by atoms with van der Waals surface area (Å²) < 4.78 is 40.5. The van der Waals surface area contributed by atoms with Crippen LogP contribution in [0.15, 0.2) is 36.4 Å². The maximum Gasteiger partial charge on any atom is 0.303 e. The Morgan fingerprint density at radius 2 is 1.50 bits per heavy atom. The van der Waals surface area contributed by atoms with E-state index in [9.17, 15) is 24.4 Å². The van der Waals surface area contributed by atoms with Crippen LogP contribution in [-0.4, -0.2) is 74.2 Å². The Morgan fingerprint density at radius 1 is 0.870 bits per heavy atom. The third kappa shape index (κ3) is 8.83. The predicted octanol–water partition coefficient (Wildman–Crippen LogP) is 3.68. The minimum Gasteiger partial charge on any atom is -0.487 e. The maximum atomic E-state index is 12.5. The van der Waals surface area contributed by atoms with Gasteiger partial charge in [-0.15, -0.1) is 0 Å². The van der Waals surface area contributed by atoms with Crippen molar-refractivity contribution in [3.63, 3.8) is 0 Å². The molecule has 0 N–H and O–H groups in total. The van der Waals surface area contributed by atoms with Crippen LogP contribution in [0.3, 0.4) is 0 Å². The van der Waals surface area contributed by atoms with Gasteiger partial charge in [0.25, 0.3) is 0 Å². The molecule has 0 aromatic heterocycles. The van der Waals surface area contributed by atoms with Gasteiger partial charge in [0.1, 0.15) is 30.7 Å². The smallest absolute Gasteiger partial charge is 0.303 e. The van der Waals surface area contributed by atoms with Crippen LogP contribution in [0.25, 0.3) is 0 Å². The first-order valence-electron chi connectivity index (χ1n) is 15.2. The Morgan fingerprint density at radius 3 is 2.07 bits per heavy atom. The number of nitrogens with zero attached hydrogens (tertiary/aromatic N) is 1. The van der Waals surface area contributed by atoms with Crippen LogP contribution < -0.4 is 4.74 Å². The molecule has 2 fully saturated rings. The summed E-state index contributed by atoms with van der Waals surface area (Å²) in [6.07, 6.45) is -4.76. The van der Waals surface area contributed by atoms with Gasteiger partial charge >= 0.3 is 23.9 Å². The molecule has 2 heterocycles. The van der Waals surface area contributed by atoms with E-state index in [2.05, 4.69) is 13.0 Å². The molecule has 2 aromatic rings. The largest absolute Gasteiger partial charge is 0.487 e. The van der Waals surface area contributed by atoms with Crippen molar-refractivity contribution in [2.45, 2.75) is 90.5 Å². The number of benzene rings is 2. The topological polar surface area (TPSA) is 157 Å². The second-order valence-electron chi connectivity index (χ2n) is 11.2. The lowest BCUT2D eigenvalue weighted by Gasteiger charge is -2.45. The van der Waals surface area contributed by atoms with Gasteiger partial charge in [-0.05, 0) is 41.7 Å². The van der Waals surface area contributed by atoms with Crippen molar-refractivity contribution in [2.75, 3.05) is 19.8 Å². The van der Waals surface area contributed by atoms with Crippen LogP contribution in [0.5, 0.6) is 5.75 Å². The quantitative estimate of drug-likeness (QED) is 0.261. The highest BCUT2D eigenvalue weighted by molar-refractivity contribution is 5.69. The second-order valence-corrected chi connectivity index (χ2v) is 11.2. The van der Waals surface area contributed by atoms with E-state index in [4.69, 9.17) is 33.2 Å². The van der Waals surface area contributed by atoms with Crippen LogP contribution in [0.2, 0.25) is 0 Å². The fraction of sp³-hybridized carbons (Fsp3) is 0.500. The lowest BCUT2D eigenvalue weighted by Crippen LogP contribution is -2.59. The van der Waals surface area contributed by atoms with E-state index in [0.717, 1.165) is 18.9 Å². The Hall–Kier alpha value is -4.47. The molecule has 4 rings (SSSR count). The molecule has 12 nitrogen and oxygen atoms in total. The summed E-state index contributed by atoms with van der Waals surface area (Å²) in [5.74, 6) is -2.52. The van der Waals surface area contributed by atoms with Crippen LogP contribution in [0.4, 0.5) is 0 Å². The third-order valence-electron chi connectivity index (χ3n) is 7.66. The first-order chi connectivity index (χ1) is 22.0. The SMILES string of the molecule is CCc1ccc(Cc2cc([C@@H]3OC(COC(C)=O)[C@@H](OC(C)=O)[C@H](OC(C)=O)[C@H]3OC(C)=O)c(O[C@@H]3CCOC3)cc2C#N)cc1. The van der Waals surface area contributed by atoms with Gasteiger partial charge in [-0.25, -0.2) is 0 Å². The Balaban J connectivity index is 1.88. The Labute approximate surface area is 267 Å². The van der Waals surface area contributed by atoms with Gasteiger partial charge in [-0.3, -0.25) is 19.2 Å². The van der Waals surface area contributed by atoms with Crippen molar-refractivity contribution in [3.05, 3.63) is 64.2 Å². The van der Waals surface area contributed by atoms with Crippen molar-refractivity contribution < 1.29 is 52.3 Å². The van der Waals surface area contributed by atoms with E-state index >= 15 is 0 Å². The number of hydrogen-bond donors (Lipinski definition) is 0. The highest BCUT2D eigenvalue weighted by Crippen LogP contribution is 2.42. The Kier molecular flexibility index (Phi) is 11.7. The number of esters is 4. The normalized spacial score (nSPS) is 23.9. The molecular weight excluding hydrogens is 598 g/mol. The molecule has 2 aliphatic heterocycles. The maximum absolute atomic E-state index is 12.5. The molecule has 0 saturated carbocycles. The molecule has 2 saturated heterocycles. The molecule has 0 aliphatic carbocycles. The number of hydrogen-bond acceptors (Lipinski definition) is 12. The summed E-state index contributed by atoms with van der Waals surface area (Å²) in [5, 5.41) is 10.2. The van der Waals surface area contributed by atoms with Crippen molar-refractivity contribution in [3.8, 4) is 11.8 Å². The molecule has 6 atom stereocenters. The zero-order valence-corrected chi connectivity index (χ0v) is 26.6. The van der Waals surface area contributed by atoms with Gasteiger partial charge in [-0.1, -0.05) is 31.2 Å². The van der Waals surface area contributed by atoms with Gasteiger partial charge in [0.2, 0.25) is 0 Å². The highest BCUT2D eigenvalue weighted by Gasteiger charge is 2.53. The predicted molar refractivity (Wildman–Crippen MR) is 161 cm³/mol. The molecule has 0 amide bonds. The van der Waals surface area contributed by atoms with Crippen molar-refractivity contribution in [2.24, 2.45) is 0 Å². The monoisotopic (exact) mass is 637 g/mol. The average molecular weight is 638 g/mol. The minimum atomic E-state index is -1.35. The van der Waals surface area contributed by atoms with Crippen LogP contribution in [0, 0.1) is 11.3 Å². The fourth-order valence-electron chi connectivity index (χ4n) is 5.60. The summed E-state index contributed by atoms with van der Waals surface area (Å²) in [5.41, 5.74) is 3.53. The van der Waals surface area contributed by atoms with Crippen LogP contribution in [-0.2, 0) is 60.4 Å². The molecule has 0 radical (unpaired) electrons. The standard InChI is InChI=1S/C34H39NO11/c1-6-23-7-9-24(10-8-23)13-25-14-28(29(15-26(25)16-35)45-27-11-12-40-17-27)31-33(43-21(4)38)34(44-22(5)39)32(42-20(3)37)30(46-31)18-41-19(2)36/h7-10,14-15,27,30-34H,6,11-13,17-18H2,1-5H3/t27-,30?,31+,32-,33+,34+/m1/s1. The van der Waals surface area contributed by atoms with E-state index in [0.29, 0.717) is 42.7 Å². The van der Waals surface area contributed by atoms with Gasteiger partial charge in [0.15, 0.2) is 18.3 Å². The lowest BCUT2D eigenvalue weighted by molar-refractivity contribution is -0.254. The summed E-state index contributed by atoms with van der Waals surface area (Å²) in [6.45, 7) is 7.24. The molecule has 0 spiro atoms. The van der Waals surface area contributed by atoms with Crippen molar-refractivity contribution >= 4 is 23.9 Å². The number of aryl methyl sites for hydroxylation is 1. The summed E-state index contributed by atoms with van der Waals surface area (Å²) in [6, 6.07) is 13.7. The summed E-state index contributed by atoms with van der Waals surface area (Å²) in [7, 11) is 0. The first-order valence-corrected chi connectivity index (χ1v) is 15.2. The van der Waals surface area contributed by atoms with Gasteiger partial charge < -0.3 is 33.2 Å². The Bertz CT molecular complexity index is 1460. The van der Waals surface area contributed by atoms with Gasteiger partial charge in [0.05, 0.1) is 24.8 Å². The molecule has 246 valence electrons. The van der Waals surface area contributed by atoms with Gasteiger partial charge in [-0.2, -0.15) is 5.26 Å². The molecule has 46 heavy (non-hydrogen) atoms. The molecule has 12 heteroatoms. The molecular formula is C34H39NO11. The number of rotatable bonds is 11. The first kappa shape index (κ1) is 34.4. The molecule has 1 unspecified atom stereocenters. The molecule has 0 bridgehead atoms. The van der Waals surface area contributed by atoms with E-state index in [1.54, 1.807) is 12.1 Å². The minimum absolute atomic E-state index is 0.276. The molecule has 2 aromatic carbocycles. The average Bonchev–Trinajstić information content (AvgIpc) is 3.51. The van der Waals surface area contributed by atoms with E-state index in [1.807, 2.05) is 24.3 Å². The zero-order chi connectivity index (χ0) is 33.4. The number of carbonyl (C=O) groups excluding carboxylic acids is 4. The number of nitriles is 1. The van der Waals surface area contributed by atoms with Crippen molar-refractivity contribution in [1.29, 1.82) is 5.26 Å². The number of carbonyl (C=O) groups is 4. The van der Waals surface area contributed by atoms with E-state index in [-0.39, 0.29) is 18.5 Å².